The maximum atomic E-state index is 6.03. The number of nitrogen functional groups attached to an aromatic ring is 1. The van der Waals surface area contributed by atoms with Gasteiger partial charge in [0.05, 0.1) is 7.11 Å². The maximum absolute atomic E-state index is 6.03. The maximum Gasteiger partial charge on any atom is 0.242 e. The van der Waals surface area contributed by atoms with E-state index in [2.05, 4.69) is 33.9 Å². The van der Waals surface area contributed by atoms with Gasteiger partial charge in [-0.1, -0.05) is 30.3 Å². The van der Waals surface area contributed by atoms with Crippen LogP contribution >= 0.6 is 0 Å². The van der Waals surface area contributed by atoms with Gasteiger partial charge in [0.15, 0.2) is 5.82 Å². The highest BCUT2D eigenvalue weighted by atomic mass is 16.5. The third-order valence-electron chi connectivity index (χ3n) is 2.92. The van der Waals surface area contributed by atoms with Crippen molar-refractivity contribution in [2.75, 3.05) is 24.3 Å². The largest absolute Gasteiger partial charge is 0.479 e. The summed E-state index contributed by atoms with van der Waals surface area (Å²) in [6.07, 6.45) is 1.47. The van der Waals surface area contributed by atoms with E-state index < -0.39 is 0 Å². The minimum Gasteiger partial charge on any atom is -0.479 e. The third kappa shape index (κ3) is 2.93. The lowest BCUT2D eigenvalue weighted by Gasteiger charge is -2.23. The van der Waals surface area contributed by atoms with Crippen LogP contribution in [0.3, 0.4) is 0 Å². The zero-order valence-electron chi connectivity index (χ0n) is 11.2. The first-order chi connectivity index (χ1) is 9.26. The summed E-state index contributed by atoms with van der Waals surface area (Å²) in [6, 6.07) is 10.2. The summed E-state index contributed by atoms with van der Waals surface area (Å²) < 4.78 is 5.13. The standard InChI is InChI=1S/C14H18N4O/c1-3-18(9-11-7-5-4-6-8-11)13-12(15)14(19-2)17-10-16-13/h4-8,10H,3,9,15H2,1-2H3. The Balaban J connectivity index is 2.27. The molecule has 5 nitrogen and oxygen atoms in total. The molecule has 0 aliphatic carbocycles. The second-order valence-corrected chi connectivity index (χ2v) is 4.12. The van der Waals surface area contributed by atoms with Gasteiger partial charge in [-0.15, -0.1) is 0 Å². The van der Waals surface area contributed by atoms with Crippen LogP contribution in [0.5, 0.6) is 5.88 Å². The number of benzene rings is 1. The molecule has 0 radical (unpaired) electrons. The van der Waals surface area contributed by atoms with Crippen molar-refractivity contribution in [1.29, 1.82) is 0 Å². The molecule has 2 rings (SSSR count). The van der Waals surface area contributed by atoms with E-state index in [4.69, 9.17) is 10.5 Å². The second kappa shape index (κ2) is 6.04. The lowest BCUT2D eigenvalue weighted by molar-refractivity contribution is 0.399. The normalized spacial score (nSPS) is 10.2. The van der Waals surface area contributed by atoms with Crippen LogP contribution < -0.4 is 15.4 Å². The molecular formula is C14H18N4O. The molecule has 2 aromatic rings. The summed E-state index contributed by atoms with van der Waals surface area (Å²) in [5, 5.41) is 0. The number of nitrogens with zero attached hydrogens (tertiary/aromatic N) is 3. The quantitative estimate of drug-likeness (QED) is 0.889. The van der Waals surface area contributed by atoms with E-state index in [1.54, 1.807) is 7.11 Å². The molecule has 0 fully saturated rings. The molecule has 0 unspecified atom stereocenters. The Morgan fingerprint density at radius 1 is 1.21 bits per heavy atom. The lowest BCUT2D eigenvalue weighted by atomic mass is 10.2. The van der Waals surface area contributed by atoms with E-state index in [1.807, 2.05) is 18.2 Å². The fourth-order valence-electron chi connectivity index (χ4n) is 1.93. The van der Waals surface area contributed by atoms with Crippen molar-refractivity contribution in [2.24, 2.45) is 0 Å². The zero-order chi connectivity index (χ0) is 13.7. The van der Waals surface area contributed by atoms with Gasteiger partial charge in [-0.25, -0.2) is 4.98 Å². The Kier molecular flexibility index (Phi) is 4.18. The SMILES string of the molecule is CCN(Cc1ccccc1)c1ncnc(OC)c1N. The molecule has 19 heavy (non-hydrogen) atoms. The molecule has 100 valence electrons. The van der Waals surface area contributed by atoms with E-state index in [0.29, 0.717) is 17.4 Å². The first-order valence-electron chi connectivity index (χ1n) is 6.19. The Morgan fingerprint density at radius 3 is 2.58 bits per heavy atom. The summed E-state index contributed by atoms with van der Waals surface area (Å²) in [6.45, 7) is 3.62. The highest BCUT2D eigenvalue weighted by Gasteiger charge is 2.14. The predicted molar refractivity (Wildman–Crippen MR) is 76.2 cm³/mol. The van der Waals surface area contributed by atoms with Crippen LogP contribution in [0.4, 0.5) is 11.5 Å². The van der Waals surface area contributed by atoms with Crippen LogP contribution in [0.1, 0.15) is 12.5 Å². The second-order valence-electron chi connectivity index (χ2n) is 4.12. The highest BCUT2D eigenvalue weighted by molar-refractivity contribution is 5.67. The average Bonchev–Trinajstić information content (AvgIpc) is 2.46. The van der Waals surface area contributed by atoms with Gasteiger partial charge in [-0.05, 0) is 12.5 Å². The molecule has 0 atom stereocenters. The number of rotatable bonds is 5. The summed E-state index contributed by atoms with van der Waals surface area (Å²) in [7, 11) is 1.55. The minimum atomic E-state index is 0.413. The molecule has 0 aliphatic heterocycles. The topological polar surface area (TPSA) is 64.3 Å². The molecule has 0 bridgehead atoms. The van der Waals surface area contributed by atoms with Crippen LogP contribution in [-0.2, 0) is 6.54 Å². The van der Waals surface area contributed by atoms with Gasteiger partial charge in [0.25, 0.3) is 0 Å². The average molecular weight is 258 g/mol. The van der Waals surface area contributed by atoms with Gasteiger partial charge in [0.2, 0.25) is 5.88 Å². The van der Waals surface area contributed by atoms with Crippen LogP contribution in [0, 0.1) is 0 Å². The monoisotopic (exact) mass is 258 g/mol. The van der Waals surface area contributed by atoms with Crippen molar-refractivity contribution in [3.05, 3.63) is 42.2 Å². The summed E-state index contributed by atoms with van der Waals surface area (Å²) in [5.74, 6) is 1.12. The molecule has 0 spiro atoms. The van der Waals surface area contributed by atoms with Gasteiger partial charge in [0.1, 0.15) is 12.0 Å². The van der Waals surface area contributed by atoms with Crippen LogP contribution in [0.25, 0.3) is 0 Å². The number of aromatic nitrogens is 2. The van der Waals surface area contributed by atoms with E-state index in [9.17, 15) is 0 Å². The summed E-state index contributed by atoms with van der Waals surface area (Å²) in [5.41, 5.74) is 7.72. The molecule has 5 heteroatoms. The third-order valence-corrected chi connectivity index (χ3v) is 2.92. The molecule has 0 aliphatic rings. The van der Waals surface area contributed by atoms with Crippen molar-refractivity contribution < 1.29 is 4.74 Å². The van der Waals surface area contributed by atoms with Crippen molar-refractivity contribution in [3.63, 3.8) is 0 Å². The van der Waals surface area contributed by atoms with Gasteiger partial charge in [-0.2, -0.15) is 4.98 Å². The summed E-state index contributed by atoms with van der Waals surface area (Å²) >= 11 is 0. The van der Waals surface area contributed by atoms with Gasteiger partial charge in [-0.3, -0.25) is 0 Å². The first-order valence-corrected chi connectivity index (χ1v) is 6.19. The Bertz CT molecular complexity index is 530. The van der Waals surface area contributed by atoms with Gasteiger partial charge >= 0.3 is 0 Å². The van der Waals surface area contributed by atoms with Crippen molar-refractivity contribution >= 4 is 11.5 Å². The Hall–Kier alpha value is -2.30. The number of hydrogen-bond donors (Lipinski definition) is 1. The van der Waals surface area contributed by atoms with Crippen molar-refractivity contribution in [2.45, 2.75) is 13.5 Å². The zero-order valence-corrected chi connectivity index (χ0v) is 11.2. The minimum absolute atomic E-state index is 0.413. The lowest BCUT2D eigenvalue weighted by Crippen LogP contribution is -2.24. The van der Waals surface area contributed by atoms with Gasteiger partial charge in [0, 0.05) is 13.1 Å². The van der Waals surface area contributed by atoms with Crippen molar-refractivity contribution in [3.8, 4) is 5.88 Å². The Labute approximate surface area is 113 Å². The smallest absolute Gasteiger partial charge is 0.242 e. The molecule has 0 amide bonds. The Morgan fingerprint density at radius 2 is 1.95 bits per heavy atom. The number of hydrogen-bond acceptors (Lipinski definition) is 5. The van der Waals surface area contributed by atoms with E-state index in [1.165, 1.54) is 11.9 Å². The number of methoxy groups -OCH3 is 1. The van der Waals surface area contributed by atoms with Crippen LogP contribution in [0.15, 0.2) is 36.7 Å². The highest BCUT2D eigenvalue weighted by Crippen LogP contribution is 2.28. The molecule has 1 heterocycles. The fourth-order valence-corrected chi connectivity index (χ4v) is 1.93. The van der Waals surface area contributed by atoms with E-state index >= 15 is 0 Å². The summed E-state index contributed by atoms with van der Waals surface area (Å²) in [4.78, 5) is 10.4. The first kappa shape index (κ1) is 13.1. The number of anilines is 2. The number of nitrogens with two attached hydrogens (primary N) is 1. The van der Waals surface area contributed by atoms with Crippen LogP contribution in [0.2, 0.25) is 0 Å². The van der Waals surface area contributed by atoms with Gasteiger partial charge < -0.3 is 15.4 Å². The van der Waals surface area contributed by atoms with E-state index in [-0.39, 0.29) is 0 Å². The predicted octanol–water partition coefficient (Wildman–Crippen LogP) is 2.09. The molecule has 0 saturated heterocycles. The molecular weight excluding hydrogens is 240 g/mol. The molecule has 1 aromatic carbocycles. The molecule has 2 N–H and O–H groups in total. The van der Waals surface area contributed by atoms with E-state index in [0.717, 1.165) is 13.1 Å². The number of ether oxygens (including phenoxy) is 1. The molecule has 0 saturated carbocycles. The fraction of sp³-hybridized carbons (Fsp3) is 0.286. The van der Waals surface area contributed by atoms with Crippen molar-refractivity contribution in [1.82, 2.24) is 9.97 Å². The molecule has 1 aromatic heterocycles. The van der Waals surface area contributed by atoms with Crippen LogP contribution in [-0.4, -0.2) is 23.6 Å².